The largest absolute Gasteiger partial charge is 0.484 e. The SMILES string of the molecule is NCC(Oc1ccc(F)c(C(F)(F)F)c1)c1ccc(Br)s1. The second-order valence-electron chi connectivity index (χ2n) is 4.12. The molecule has 21 heavy (non-hydrogen) atoms. The van der Waals surface area contributed by atoms with Gasteiger partial charge in [-0.15, -0.1) is 11.3 Å². The quantitative estimate of drug-likeness (QED) is 0.773. The first kappa shape index (κ1) is 16.3. The van der Waals surface area contributed by atoms with Gasteiger partial charge in [0, 0.05) is 11.4 Å². The smallest absolute Gasteiger partial charge is 0.419 e. The zero-order chi connectivity index (χ0) is 15.6. The summed E-state index contributed by atoms with van der Waals surface area (Å²) in [6.07, 6.45) is -5.36. The topological polar surface area (TPSA) is 35.2 Å². The molecule has 8 heteroatoms. The Hall–Kier alpha value is -1.12. The van der Waals surface area contributed by atoms with Crippen LogP contribution in [0.3, 0.4) is 0 Å². The van der Waals surface area contributed by atoms with Crippen molar-refractivity contribution in [2.75, 3.05) is 6.54 Å². The average Bonchev–Trinajstić information content (AvgIpc) is 2.83. The molecule has 2 N–H and O–H groups in total. The van der Waals surface area contributed by atoms with Crippen molar-refractivity contribution in [3.05, 3.63) is 50.4 Å². The Kier molecular flexibility index (Phi) is 4.90. The molecule has 0 spiro atoms. The number of ether oxygens (including phenoxy) is 1. The molecule has 1 unspecified atom stereocenters. The summed E-state index contributed by atoms with van der Waals surface area (Å²) < 4.78 is 57.5. The predicted octanol–water partition coefficient (Wildman–Crippen LogP) is 4.75. The number of halogens is 5. The predicted molar refractivity (Wildman–Crippen MR) is 75.8 cm³/mol. The van der Waals surface area contributed by atoms with Gasteiger partial charge in [-0.1, -0.05) is 0 Å². The molecule has 1 heterocycles. The fourth-order valence-electron chi connectivity index (χ4n) is 1.68. The minimum absolute atomic E-state index is 0.0799. The summed E-state index contributed by atoms with van der Waals surface area (Å²) in [6, 6.07) is 6.07. The molecule has 0 aliphatic heterocycles. The van der Waals surface area contributed by atoms with E-state index in [4.69, 9.17) is 10.5 Å². The van der Waals surface area contributed by atoms with Crippen LogP contribution in [0.15, 0.2) is 34.1 Å². The van der Waals surface area contributed by atoms with E-state index in [1.54, 1.807) is 12.1 Å². The number of alkyl halides is 3. The highest BCUT2D eigenvalue weighted by Crippen LogP contribution is 2.35. The summed E-state index contributed by atoms with van der Waals surface area (Å²) in [5.41, 5.74) is 4.23. The molecular formula is C13H10BrF4NOS. The van der Waals surface area contributed by atoms with E-state index in [9.17, 15) is 17.6 Å². The molecule has 2 aromatic rings. The Labute approximate surface area is 130 Å². The van der Waals surface area contributed by atoms with Gasteiger partial charge in [0.2, 0.25) is 0 Å². The monoisotopic (exact) mass is 383 g/mol. The van der Waals surface area contributed by atoms with E-state index < -0.39 is 23.7 Å². The molecule has 2 nitrogen and oxygen atoms in total. The van der Waals surface area contributed by atoms with E-state index in [0.717, 1.165) is 20.8 Å². The van der Waals surface area contributed by atoms with Crippen molar-refractivity contribution < 1.29 is 22.3 Å². The number of rotatable bonds is 4. The molecule has 2 rings (SSSR count). The van der Waals surface area contributed by atoms with Gasteiger partial charge >= 0.3 is 6.18 Å². The van der Waals surface area contributed by atoms with Crippen LogP contribution in [0.1, 0.15) is 16.5 Å². The second kappa shape index (κ2) is 6.33. The van der Waals surface area contributed by atoms with Gasteiger partial charge in [-0.05, 0) is 46.3 Å². The minimum Gasteiger partial charge on any atom is -0.484 e. The van der Waals surface area contributed by atoms with Gasteiger partial charge in [-0.25, -0.2) is 4.39 Å². The van der Waals surface area contributed by atoms with E-state index in [1.807, 2.05) is 0 Å². The molecule has 0 fully saturated rings. The van der Waals surface area contributed by atoms with E-state index in [-0.39, 0.29) is 12.3 Å². The van der Waals surface area contributed by atoms with E-state index in [1.165, 1.54) is 11.3 Å². The van der Waals surface area contributed by atoms with E-state index in [0.29, 0.717) is 6.07 Å². The van der Waals surface area contributed by atoms with Crippen LogP contribution in [-0.4, -0.2) is 6.54 Å². The van der Waals surface area contributed by atoms with Crippen LogP contribution in [0.5, 0.6) is 5.75 Å². The fourth-order valence-corrected chi connectivity index (χ4v) is 3.15. The molecule has 0 saturated heterocycles. The molecule has 0 amide bonds. The zero-order valence-corrected chi connectivity index (χ0v) is 12.9. The van der Waals surface area contributed by atoms with Gasteiger partial charge in [-0.3, -0.25) is 0 Å². The van der Waals surface area contributed by atoms with Crippen molar-refractivity contribution in [3.63, 3.8) is 0 Å². The summed E-state index contributed by atoms with van der Waals surface area (Å²) in [7, 11) is 0. The maximum absolute atomic E-state index is 13.2. The third-order valence-electron chi connectivity index (χ3n) is 2.65. The lowest BCUT2D eigenvalue weighted by atomic mass is 10.2. The van der Waals surface area contributed by atoms with Crippen LogP contribution in [0.2, 0.25) is 0 Å². The number of hydrogen-bond acceptors (Lipinski definition) is 3. The van der Waals surface area contributed by atoms with E-state index >= 15 is 0 Å². The Balaban J connectivity index is 2.26. The highest BCUT2D eigenvalue weighted by Gasteiger charge is 2.34. The van der Waals surface area contributed by atoms with Gasteiger partial charge in [0.1, 0.15) is 17.7 Å². The van der Waals surface area contributed by atoms with Crippen molar-refractivity contribution in [2.24, 2.45) is 5.73 Å². The maximum Gasteiger partial charge on any atom is 0.419 e. The molecule has 0 aliphatic rings. The molecular weight excluding hydrogens is 374 g/mol. The fraction of sp³-hybridized carbons (Fsp3) is 0.231. The second-order valence-corrected chi connectivity index (χ2v) is 6.62. The Morgan fingerprint density at radius 3 is 2.48 bits per heavy atom. The lowest BCUT2D eigenvalue weighted by molar-refractivity contribution is -0.140. The third-order valence-corrected chi connectivity index (χ3v) is 4.36. The standard InChI is InChI=1S/C13H10BrF4NOS/c14-12-4-3-11(21-12)10(6-19)20-7-1-2-9(15)8(5-7)13(16,17)18/h1-5,10H,6,19H2. The van der Waals surface area contributed by atoms with Crippen molar-refractivity contribution in [3.8, 4) is 5.75 Å². The molecule has 0 saturated carbocycles. The molecule has 1 atom stereocenters. The van der Waals surface area contributed by atoms with Gasteiger partial charge in [0.05, 0.1) is 9.35 Å². The van der Waals surface area contributed by atoms with Crippen LogP contribution in [0.25, 0.3) is 0 Å². The first-order chi connectivity index (χ1) is 9.81. The van der Waals surface area contributed by atoms with Crippen molar-refractivity contribution in [1.82, 2.24) is 0 Å². The number of nitrogens with two attached hydrogens (primary N) is 1. The van der Waals surface area contributed by atoms with E-state index in [2.05, 4.69) is 15.9 Å². The Morgan fingerprint density at radius 1 is 1.24 bits per heavy atom. The molecule has 1 aromatic heterocycles. The lowest BCUT2D eigenvalue weighted by Gasteiger charge is -2.17. The van der Waals surface area contributed by atoms with Crippen molar-refractivity contribution in [1.29, 1.82) is 0 Å². The third kappa shape index (κ3) is 3.96. The molecule has 0 radical (unpaired) electrons. The first-order valence-corrected chi connectivity index (χ1v) is 7.41. The summed E-state index contributed by atoms with van der Waals surface area (Å²) in [4.78, 5) is 0.766. The van der Waals surface area contributed by atoms with Crippen molar-refractivity contribution in [2.45, 2.75) is 12.3 Å². The van der Waals surface area contributed by atoms with Crippen molar-refractivity contribution >= 4 is 27.3 Å². The first-order valence-electron chi connectivity index (χ1n) is 5.80. The Bertz CT molecular complexity index is 629. The highest BCUT2D eigenvalue weighted by atomic mass is 79.9. The number of benzene rings is 1. The van der Waals surface area contributed by atoms with Gasteiger partial charge in [0.25, 0.3) is 0 Å². The molecule has 0 aliphatic carbocycles. The zero-order valence-electron chi connectivity index (χ0n) is 10.5. The minimum atomic E-state index is -4.77. The summed E-state index contributed by atoms with van der Waals surface area (Å²) in [5.74, 6) is -1.42. The van der Waals surface area contributed by atoms with Gasteiger partial charge < -0.3 is 10.5 Å². The van der Waals surface area contributed by atoms with Crippen LogP contribution in [-0.2, 0) is 6.18 Å². The van der Waals surface area contributed by atoms with Gasteiger partial charge in [-0.2, -0.15) is 13.2 Å². The highest BCUT2D eigenvalue weighted by molar-refractivity contribution is 9.11. The number of thiophene rings is 1. The van der Waals surface area contributed by atoms with Crippen LogP contribution < -0.4 is 10.5 Å². The lowest BCUT2D eigenvalue weighted by Crippen LogP contribution is -2.18. The summed E-state index contributed by atoms with van der Waals surface area (Å²) in [5, 5.41) is 0. The average molecular weight is 384 g/mol. The number of hydrogen-bond donors (Lipinski definition) is 1. The molecule has 1 aromatic carbocycles. The van der Waals surface area contributed by atoms with Crippen LogP contribution in [0.4, 0.5) is 17.6 Å². The maximum atomic E-state index is 13.2. The Morgan fingerprint density at radius 2 is 1.95 bits per heavy atom. The molecule has 114 valence electrons. The summed E-state index contributed by atoms with van der Waals surface area (Å²) >= 11 is 4.65. The van der Waals surface area contributed by atoms with Crippen LogP contribution >= 0.6 is 27.3 Å². The summed E-state index contributed by atoms with van der Waals surface area (Å²) in [6.45, 7) is 0.0890. The molecule has 0 bridgehead atoms. The van der Waals surface area contributed by atoms with Gasteiger partial charge in [0.15, 0.2) is 0 Å². The van der Waals surface area contributed by atoms with Crippen LogP contribution in [0, 0.1) is 5.82 Å². The normalized spacial score (nSPS) is 13.2.